The van der Waals surface area contributed by atoms with Crippen LogP contribution in [-0.2, 0) is 4.79 Å². The van der Waals surface area contributed by atoms with Crippen molar-refractivity contribution in [3.05, 3.63) is 53.9 Å². The molecule has 0 bridgehead atoms. The number of carbonyl (C=O) groups excluding carboxylic acids is 1. The Morgan fingerprint density at radius 2 is 2.18 bits per heavy atom. The molecule has 0 fully saturated rings. The summed E-state index contributed by atoms with van der Waals surface area (Å²) in [5.74, 6) is -0.882. The SMILES string of the molecule is CC(=O)N(c1cc(N[O-])ccn1)c1ccn2nccc2c1F. The Morgan fingerprint density at radius 3 is 2.91 bits per heavy atom. The molecule has 0 unspecified atom stereocenters. The predicted molar refractivity (Wildman–Crippen MR) is 79.2 cm³/mol. The molecule has 0 spiro atoms. The molecule has 3 heterocycles. The lowest BCUT2D eigenvalue weighted by Gasteiger charge is -2.22. The van der Waals surface area contributed by atoms with Crippen LogP contribution >= 0.6 is 0 Å². The van der Waals surface area contributed by atoms with Gasteiger partial charge in [-0.3, -0.25) is 9.69 Å². The van der Waals surface area contributed by atoms with Crippen molar-refractivity contribution in [1.82, 2.24) is 14.6 Å². The highest BCUT2D eigenvalue weighted by Gasteiger charge is 2.21. The third-order valence-corrected chi connectivity index (χ3v) is 3.14. The molecule has 3 aromatic heterocycles. The van der Waals surface area contributed by atoms with Crippen LogP contribution in [0, 0.1) is 11.0 Å². The second-order valence-electron chi connectivity index (χ2n) is 4.54. The van der Waals surface area contributed by atoms with Gasteiger partial charge in [0.15, 0.2) is 5.82 Å². The van der Waals surface area contributed by atoms with Gasteiger partial charge in [-0.05, 0) is 18.2 Å². The number of hydrogen-bond donors (Lipinski definition) is 1. The Morgan fingerprint density at radius 1 is 1.36 bits per heavy atom. The summed E-state index contributed by atoms with van der Waals surface area (Å²) < 4.78 is 16.0. The van der Waals surface area contributed by atoms with E-state index >= 15 is 0 Å². The van der Waals surface area contributed by atoms with E-state index in [2.05, 4.69) is 10.1 Å². The molecule has 0 saturated heterocycles. The molecule has 0 saturated carbocycles. The summed E-state index contributed by atoms with van der Waals surface area (Å²) in [6, 6.07) is 5.75. The molecule has 0 aliphatic heterocycles. The molecule has 8 heteroatoms. The van der Waals surface area contributed by atoms with Crippen molar-refractivity contribution in [1.29, 1.82) is 0 Å². The van der Waals surface area contributed by atoms with Crippen LogP contribution in [0.5, 0.6) is 0 Å². The Labute approximate surface area is 124 Å². The monoisotopic (exact) mass is 300 g/mol. The molecule has 0 aliphatic carbocycles. The quantitative estimate of drug-likeness (QED) is 0.751. The largest absolute Gasteiger partial charge is 0.761 e. The van der Waals surface area contributed by atoms with Crippen LogP contribution in [0.15, 0.2) is 42.9 Å². The number of hydrogen-bond acceptors (Lipinski definition) is 5. The van der Waals surface area contributed by atoms with Gasteiger partial charge in [-0.25, -0.2) is 13.9 Å². The van der Waals surface area contributed by atoms with Gasteiger partial charge in [-0.1, -0.05) is 0 Å². The van der Waals surface area contributed by atoms with Crippen molar-refractivity contribution in [2.45, 2.75) is 6.92 Å². The number of nitrogens with zero attached hydrogens (tertiary/aromatic N) is 4. The Hall–Kier alpha value is -3.00. The molecule has 0 radical (unpaired) electrons. The Bertz CT molecular complexity index is 848. The minimum atomic E-state index is -0.600. The van der Waals surface area contributed by atoms with Crippen molar-refractivity contribution in [2.75, 3.05) is 10.4 Å². The number of rotatable bonds is 3. The molecule has 3 aromatic rings. The fraction of sp³-hybridized carbons (Fsp3) is 0.0714. The first-order chi connectivity index (χ1) is 10.6. The van der Waals surface area contributed by atoms with Crippen LogP contribution in [0.4, 0.5) is 21.6 Å². The molecule has 0 aliphatic rings. The second-order valence-corrected chi connectivity index (χ2v) is 4.54. The van der Waals surface area contributed by atoms with Crippen LogP contribution in [0.2, 0.25) is 0 Å². The zero-order valence-corrected chi connectivity index (χ0v) is 11.5. The van der Waals surface area contributed by atoms with E-state index in [1.807, 2.05) is 0 Å². The average molecular weight is 300 g/mol. The number of pyridine rings is 2. The summed E-state index contributed by atoms with van der Waals surface area (Å²) in [6.45, 7) is 1.29. The van der Waals surface area contributed by atoms with E-state index in [1.165, 1.54) is 48.1 Å². The van der Waals surface area contributed by atoms with Crippen LogP contribution in [0.1, 0.15) is 6.92 Å². The minimum absolute atomic E-state index is 0.0380. The normalized spacial score (nSPS) is 10.7. The first-order valence-corrected chi connectivity index (χ1v) is 6.38. The van der Waals surface area contributed by atoms with E-state index in [4.69, 9.17) is 0 Å². The van der Waals surface area contributed by atoms with E-state index in [0.717, 1.165) is 4.90 Å². The van der Waals surface area contributed by atoms with Gasteiger partial charge < -0.3 is 10.7 Å². The maximum absolute atomic E-state index is 14.6. The van der Waals surface area contributed by atoms with Gasteiger partial charge >= 0.3 is 0 Å². The summed E-state index contributed by atoms with van der Waals surface area (Å²) >= 11 is 0. The maximum atomic E-state index is 14.6. The summed E-state index contributed by atoms with van der Waals surface area (Å²) in [5.41, 5.74) is 2.22. The molecule has 1 N–H and O–H groups in total. The smallest absolute Gasteiger partial charge is 0.229 e. The Kier molecular flexibility index (Phi) is 3.43. The van der Waals surface area contributed by atoms with E-state index in [0.29, 0.717) is 0 Å². The minimum Gasteiger partial charge on any atom is -0.761 e. The zero-order valence-electron chi connectivity index (χ0n) is 11.5. The molecular weight excluding hydrogens is 289 g/mol. The van der Waals surface area contributed by atoms with Crippen LogP contribution in [-0.4, -0.2) is 20.5 Å². The van der Waals surface area contributed by atoms with Crippen LogP contribution in [0.3, 0.4) is 0 Å². The molecule has 0 atom stereocenters. The van der Waals surface area contributed by atoms with Crippen molar-refractivity contribution in [3.8, 4) is 0 Å². The lowest BCUT2D eigenvalue weighted by atomic mass is 10.2. The number of fused-ring (bicyclic) bond motifs is 1. The first kappa shape index (κ1) is 14.0. The van der Waals surface area contributed by atoms with Crippen LogP contribution in [0.25, 0.3) is 5.52 Å². The number of carbonyl (C=O) groups is 1. The number of anilines is 3. The molecule has 0 aromatic carbocycles. The molecule has 3 rings (SSSR count). The predicted octanol–water partition coefficient (Wildman–Crippen LogP) is 2.46. The summed E-state index contributed by atoms with van der Waals surface area (Å²) in [7, 11) is 0. The molecular formula is C14H11FN5O2-. The highest BCUT2D eigenvalue weighted by Crippen LogP contribution is 2.29. The van der Waals surface area contributed by atoms with Gasteiger partial charge in [0.05, 0.1) is 11.9 Å². The Balaban J connectivity index is 2.17. The zero-order chi connectivity index (χ0) is 15.7. The second kappa shape index (κ2) is 5.41. The fourth-order valence-corrected chi connectivity index (χ4v) is 2.18. The van der Waals surface area contributed by atoms with Gasteiger partial charge in [0, 0.05) is 31.1 Å². The number of aromatic nitrogens is 3. The first-order valence-electron chi connectivity index (χ1n) is 6.38. The third kappa shape index (κ3) is 2.25. The van der Waals surface area contributed by atoms with E-state index < -0.39 is 11.7 Å². The molecule has 7 nitrogen and oxygen atoms in total. The van der Waals surface area contributed by atoms with Crippen molar-refractivity contribution < 1.29 is 9.18 Å². The van der Waals surface area contributed by atoms with Crippen molar-refractivity contribution in [3.63, 3.8) is 0 Å². The highest BCUT2D eigenvalue weighted by molar-refractivity contribution is 5.99. The van der Waals surface area contributed by atoms with Gasteiger partial charge in [-0.2, -0.15) is 5.10 Å². The third-order valence-electron chi connectivity index (χ3n) is 3.14. The van der Waals surface area contributed by atoms with Gasteiger partial charge in [0.25, 0.3) is 0 Å². The highest BCUT2D eigenvalue weighted by atomic mass is 19.1. The number of nitrogens with one attached hydrogen (secondary N) is 1. The summed E-state index contributed by atoms with van der Waals surface area (Å²) in [4.78, 5) is 17.1. The van der Waals surface area contributed by atoms with Gasteiger partial charge in [-0.15, -0.1) is 0 Å². The average Bonchev–Trinajstić information content (AvgIpc) is 2.99. The lowest BCUT2D eigenvalue weighted by molar-refractivity contribution is -0.115. The molecule has 1 amide bonds. The number of halogens is 1. The van der Waals surface area contributed by atoms with E-state index in [9.17, 15) is 14.4 Å². The number of amides is 1. The lowest BCUT2D eigenvalue weighted by Crippen LogP contribution is -2.25. The van der Waals surface area contributed by atoms with Gasteiger partial charge in [0.1, 0.15) is 11.3 Å². The fourth-order valence-electron chi connectivity index (χ4n) is 2.18. The van der Waals surface area contributed by atoms with E-state index in [-0.39, 0.29) is 22.7 Å². The van der Waals surface area contributed by atoms with Crippen LogP contribution < -0.4 is 10.4 Å². The van der Waals surface area contributed by atoms with Crippen molar-refractivity contribution >= 4 is 28.6 Å². The molecule has 22 heavy (non-hydrogen) atoms. The maximum Gasteiger partial charge on any atom is 0.229 e. The van der Waals surface area contributed by atoms with Crippen molar-refractivity contribution in [2.24, 2.45) is 0 Å². The summed E-state index contributed by atoms with van der Waals surface area (Å²) in [5, 5.41) is 14.7. The standard InChI is InChI=1S/C14H11FN5O2/c1-9(21)20(13-8-10(18-22)2-5-16-13)12-4-7-19-11(14(12)15)3-6-17-19/h2-8H,1H3,(H-,16,18,22)/q-1. The summed E-state index contributed by atoms with van der Waals surface area (Å²) in [6.07, 6.45) is 4.36. The van der Waals surface area contributed by atoms with E-state index in [1.54, 1.807) is 11.7 Å². The topological polar surface area (TPSA) is 85.6 Å². The van der Waals surface area contributed by atoms with Gasteiger partial charge in [0.2, 0.25) is 5.91 Å². The molecule has 112 valence electrons.